The second-order valence-corrected chi connectivity index (χ2v) is 7.66. The Morgan fingerprint density at radius 3 is 2.53 bits per heavy atom. The Morgan fingerprint density at radius 1 is 1.06 bits per heavy atom. The number of carbonyl (C=O) groups excluding carboxylic acids is 1. The topological polar surface area (TPSA) is 99.7 Å². The molecule has 0 aliphatic heterocycles. The third-order valence-corrected chi connectivity index (χ3v) is 5.37. The summed E-state index contributed by atoms with van der Waals surface area (Å²) in [4.78, 5) is 29.9. The van der Waals surface area contributed by atoms with Gasteiger partial charge in [-0.3, -0.25) is 14.3 Å². The van der Waals surface area contributed by atoms with E-state index in [0.29, 0.717) is 28.2 Å². The predicted octanol–water partition coefficient (Wildman–Crippen LogP) is 2.97. The van der Waals surface area contributed by atoms with Crippen molar-refractivity contribution in [2.24, 2.45) is 5.10 Å². The minimum atomic E-state index is -0.415. The maximum Gasteiger partial charge on any atom is 0.280 e. The molecule has 2 aromatic carbocycles. The van der Waals surface area contributed by atoms with Crippen LogP contribution in [-0.2, 0) is 4.79 Å². The molecule has 34 heavy (non-hydrogen) atoms. The Kier molecular flexibility index (Phi) is 6.44. The molecule has 0 radical (unpaired) electrons. The molecule has 0 saturated carbocycles. The lowest BCUT2D eigenvalue weighted by atomic mass is 10.2. The van der Waals surface area contributed by atoms with Gasteiger partial charge in [0.2, 0.25) is 0 Å². The van der Waals surface area contributed by atoms with Crippen LogP contribution in [0.25, 0.3) is 10.9 Å². The number of nitrogens with one attached hydrogen (secondary N) is 1. The summed E-state index contributed by atoms with van der Waals surface area (Å²) < 4.78 is 14.0. The first-order valence-corrected chi connectivity index (χ1v) is 10.7. The highest BCUT2D eigenvalue weighted by Gasteiger charge is 2.15. The van der Waals surface area contributed by atoms with Gasteiger partial charge in [0.25, 0.3) is 11.5 Å². The Morgan fingerprint density at radius 2 is 1.76 bits per heavy atom. The summed E-state index contributed by atoms with van der Waals surface area (Å²) in [5.41, 5.74) is 5.31. The Hall–Kier alpha value is -4.40. The van der Waals surface area contributed by atoms with Crippen LogP contribution >= 0.6 is 0 Å². The number of para-hydroxylation sites is 3. The average molecular weight is 460 g/mol. The number of methoxy groups -OCH3 is 1. The largest absolute Gasteiger partial charge is 0.493 e. The summed E-state index contributed by atoms with van der Waals surface area (Å²) in [7, 11) is 1.53. The monoisotopic (exact) mass is 459 g/mol. The molecule has 1 N–H and O–H groups in total. The zero-order valence-corrected chi connectivity index (χ0v) is 19.4. The molecule has 0 aliphatic rings. The fraction of sp³-hybridized carbons (Fsp3) is 0.200. The van der Waals surface area contributed by atoms with E-state index in [4.69, 9.17) is 9.47 Å². The molecule has 0 spiro atoms. The van der Waals surface area contributed by atoms with Gasteiger partial charge in [0.1, 0.15) is 5.82 Å². The van der Waals surface area contributed by atoms with E-state index in [-0.39, 0.29) is 12.2 Å². The van der Waals surface area contributed by atoms with Gasteiger partial charge < -0.3 is 9.47 Å². The molecule has 2 aromatic heterocycles. The summed E-state index contributed by atoms with van der Waals surface area (Å²) in [6.07, 6.45) is 1.54. The molecule has 0 bridgehead atoms. The summed E-state index contributed by atoms with van der Waals surface area (Å²) in [6, 6.07) is 16.2. The standard InChI is InChI=1S/C25H25N5O4/c1-16-13-19(14-26-28-24(31)15-34-23-12-8-7-11-22(23)33-4)17(2)29(16)30-18(3)27-21-10-6-5-9-20(21)25(30)32/h5-14H,15H2,1-4H3,(H,28,31). The number of amides is 1. The number of aromatic nitrogens is 3. The number of carbonyl (C=O) groups is 1. The Bertz CT molecular complexity index is 1450. The fourth-order valence-corrected chi connectivity index (χ4v) is 3.77. The highest BCUT2D eigenvalue weighted by atomic mass is 16.5. The molecule has 0 aliphatic carbocycles. The number of aryl methyl sites for hydroxylation is 2. The van der Waals surface area contributed by atoms with Gasteiger partial charge >= 0.3 is 0 Å². The van der Waals surface area contributed by atoms with E-state index in [1.54, 1.807) is 40.5 Å². The summed E-state index contributed by atoms with van der Waals surface area (Å²) in [6.45, 7) is 5.35. The van der Waals surface area contributed by atoms with Crippen molar-refractivity contribution in [3.05, 3.63) is 87.7 Å². The van der Waals surface area contributed by atoms with Crippen LogP contribution in [0.5, 0.6) is 11.5 Å². The molecule has 0 saturated heterocycles. The molecule has 2 heterocycles. The van der Waals surface area contributed by atoms with Gasteiger partial charge in [-0.2, -0.15) is 9.78 Å². The first kappa shape index (κ1) is 22.8. The lowest BCUT2D eigenvalue weighted by Gasteiger charge is -2.16. The molecular formula is C25H25N5O4. The first-order valence-electron chi connectivity index (χ1n) is 10.7. The number of fused-ring (bicyclic) bond motifs is 1. The highest BCUT2D eigenvalue weighted by Crippen LogP contribution is 2.25. The number of nitrogens with zero attached hydrogens (tertiary/aromatic N) is 4. The maximum atomic E-state index is 13.2. The van der Waals surface area contributed by atoms with Gasteiger partial charge in [0.15, 0.2) is 18.1 Å². The number of rotatable bonds is 7. The number of hydrogen-bond donors (Lipinski definition) is 1. The summed E-state index contributed by atoms with van der Waals surface area (Å²) in [5.74, 6) is 1.16. The number of hydrogen-bond acceptors (Lipinski definition) is 6. The molecule has 1 amide bonds. The van der Waals surface area contributed by atoms with E-state index < -0.39 is 5.91 Å². The quantitative estimate of drug-likeness (QED) is 0.338. The van der Waals surface area contributed by atoms with Gasteiger partial charge in [0.05, 0.1) is 24.2 Å². The molecule has 0 fully saturated rings. The van der Waals surface area contributed by atoms with Crippen molar-refractivity contribution < 1.29 is 14.3 Å². The molecule has 9 heteroatoms. The minimum Gasteiger partial charge on any atom is -0.493 e. The van der Waals surface area contributed by atoms with Crippen LogP contribution in [0.4, 0.5) is 0 Å². The number of hydrazone groups is 1. The van der Waals surface area contributed by atoms with Crippen LogP contribution in [0.15, 0.2) is 64.5 Å². The third-order valence-electron chi connectivity index (χ3n) is 5.37. The second-order valence-electron chi connectivity index (χ2n) is 7.66. The van der Waals surface area contributed by atoms with Crippen molar-refractivity contribution in [2.45, 2.75) is 20.8 Å². The van der Waals surface area contributed by atoms with Gasteiger partial charge in [0, 0.05) is 17.0 Å². The van der Waals surface area contributed by atoms with Crippen LogP contribution in [0, 0.1) is 20.8 Å². The van der Waals surface area contributed by atoms with Gasteiger partial charge in [-0.15, -0.1) is 0 Å². The van der Waals surface area contributed by atoms with Crippen LogP contribution in [-0.4, -0.2) is 40.2 Å². The van der Waals surface area contributed by atoms with Gasteiger partial charge in [-0.05, 0) is 51.1 Å². The lowest BCUT2D eigenvalue weighted by molar-refractivity contribution is -0.123. The van der Waals surface area contributed by atoms with Crippen molar-refractivity contribution in [3.63, 3.8) is 0 Å². The lowest BCUT2D eigenvalue weighted by Crippen LogP contribution is -2.31. The zero-order valence-electron chi connectivity index (χ0n) is 19.4. The van der Waals surface area contributed by atoms with Crippen LogP contribution in [0.1, 0.15) is 22.8 Å². The van der Waals surface area contributed by atoms with Crippen LogP contribution < -0.4 is 20.5 Å². The molecule has 0 atom stereocenters. The summed E-state index contributed by atoms with van der Waals surface area (Å²) in [5, 5.41) is 4.59. The van der Waals surface area contributed by atoms with Gasteiger partial charge in [-0.25, -0.2) is 10.4 Å². The van der Waals surface area contributed by atoms with Crippen molar-refractivity contribution in [1.82, 2.24) is 19.8 Å². The van der Waals surface area contributed by atoms with Crippen LogP contribution in [0.3, 0.4) is 0 Å². The van der Waals surface area contributed by atoms with Crippen molar-refractivity contribution in [1.29, 1.82) is 0 Å². The van der Waals surface area contributed by atoms with E-state index >= 15 is 0 Å². The van der Waals surface area contributed by atoms with E-state index in [1.165, 1.54) is 13.3 Å². The highest BCUT2D eigenvalue weighted by molar-refractivity contribution is 5.84. The average Bonchev–Trinajstić information content (AvgIpc) is 3.11. The number of ether oxygens (including phenoxy) is 2. The van der Waals surface area contributed by atoms with Crippen LogP contribution in [0.2, 0.25) is 0 Å². The normalized spacial score (nSPS) is 11.2. The zero-order chi connectivity index (χ0) is 24.2. The van der Waals surface area contributed by atoms with Crippen molar-refractivity contribution in [3.8, 4) is 11.5 Å². The SMILES string of the molecule is COc1ccccc1OCC(=O)NN=Cc1cc(C)n(-n2c(C)nc3ccccc3c2=O)c1C. The maximum absolute atomic E-state index is 13.2. The van der Waals surface area contributed by atoms with Gasteiger partial charge in [-0.1, -0.05) is 24.3 Å². The Labute approximate surface area is 196 Å². The van der Waals surface area contributed by atoms with Crippen molar-refractivity contribution >= 4 is 23.0 Å². The smallest absolute Gasteiger partial charge is 0.280 e. The van der Waals surface area contributed by atoms with E-state index in [9.17, 15) is 9.59 Å². The fourth-order valence-electron chi connectivity index (χ4n) is 3.77. The molecular weight excluding hydrogens is 434 g/mol. The van der Waals surface area contributed by atoms with E-state index in [1.807, 2.05) is 44.2 Å². The van der Waals surface area contributed by atoms with E-state index in [0.717, 1.165) is 17.0 Å². The molecule has 0 unspecified atom stereocenters. The third kappa shape index (κ3) is 4.40. The van der Waals surface area contributed by atoms with E-state index in [2.05, 4.69) is 15.5 Å². The molecule has 9 nitrogen and oxygen atoms in total. The summed E-state index contributed by atoms with van der Waals surface area (Å²) >= 11 is 0. The number of benzene rings is 2. The first-order chi connectivity index (χ1) is 16.4. The predicted molar refractivity (Wildman–Crippen MR) is 130 cm³/mol. The molecule has 174 valence electrons. The van der Waals surface area contributed by atoms with Crippen molar-refractivity contribution in [2.75, 3.05) is 13.7 Å². The minimum absolute atomic E-state index is 0.157. The second kappa shape index (κ2) is 9.62. The Balaban J connectivity index is 1.52. The molecule has 4 aromatic rings. The molecule has 4 rings (SSSR count).